The SMILES string of the molecule is O=C(NCCCc1nc2ccccc2n1CCCOc1cccc2ccccc12)c1ccccc1Cl. The molecule has 0 saturated heterocycles. The fraction of sp³-hybridized carbons (Fsp3) is 0.200. The van der Waals surface area contributed by atoms with Crippen LogP contribution in [0.3, 0.4) is 0 Å². The summed E-state index contributed by atoms with van der Waals surface area (Å²) in [5.41, 5.74) is 2.61. The molecule has 6 heteroatoms. The number of nitrogens with zero attached hydrogens (tertiary/aromatic N) is 2. The van der Waals surface area contributed by atoms with Gasteiger partial charge in [-0.05, 0) is 48.6 Å². The van der Waals surface area contributed by atoms with Gasteiger partial charge in [0.2, 0.25) is 0 Å². The van der Waals surface area contributed by atoms with Crippen molar-refractivity contribution in [3.05, 3.63) is 107 Å². The number of carbonyl (C=O) groups is 1. The Bertz CT molecular complexity index is 1490. The number of halogens is 1. The van der Waals surface area contributed by atoms with E-state index in [0.29, 0.717) is 23.7 Å². The molecule has 5 rings (SSSR count). The summed E-state index contributed by atoms with van der Waals surface area (Å²) < 4.78 is 8.43. The standard InChI is InChI=1S/C30H28ClN3O2/c31-25-14-4-3-13-24(25)30(35)32-19-8-18-29-33-26-15-5-6-16-27(26)34(29)20-9-21-36-28-17-7-11-22-10-1-2-12-23(22)28/h1-7,10-17H,8-9,18-21H2,(H,32,35). The van der Waals surface area contributed by atoms with Crippen molar-refractivity contribution in [3.8, 4) is 5.75 Å². The summed E-state index contributed by atoms with van der Waals surface area (Å²) in [5, 5.41) is 5.74. The molecular weight excluding hydrogens is 470 g/mol. The molecule has 36 heavy (non-hydrogen) atoms. The van der Waals surface area contributed by atoms with Crippen LogP contribution in [-0.4, -0.2) is 28.6 Å². The number of benzene rings is 4. The Balaban J connectivity index is 1.19. The largest absolute Gasteiger partial charge is 0.493 e. The van der Waals surface area contributed by atoms with E-state index < -0.39 is 0 Å². The average molecular weight is 498 g/mol. The summed E-state index contributed by atoms with van der Waals surface area (Å²) in [6, 6.07) is 29.7. The van der Waals surface area contributed by atoms with Crippen molar-refractivity contribution in [1.82, 2.24) is 14.9 Å². The molecule has 0 fully saturated rings. The second-order valence-corrected chi connectivity index (χ2v) is 9.09. The highest BCUT2D eigenvalue weighted by molar-refractivity contribution is 6.33. The Morgan fingerprint density at radius 1 is 0.889 bits per heavy atom. The van der Waals surface area contributed by atoms with Gasteiger partial charge in [-0.2, -0.15) is 0 Å². The first-order chi connectivity index (χ1) is 17.7. The molecule has 0 bridgehead atoms. The van der Waals surface area contributed by atoms with E-state index >= 15 is 0 Å². The Kier molecular flexibility index (Phi) is 7.48. The number of nitrogens with one attached hydrogen (secondary N) is 1. The van der Waals surface area contributed by atoms with Gasteiger partial charge in [-0.3, -0.25) is 4.79 Å². The Morgan fingerprint density at radius 2 is 1.67 bits per heavy atom. The van der Waals surface area contributed by atoms with Gasteiger partial charge in [-0.15, -0.1) is 0 Å². The van der Waals surface area contributed by atoms with E-state index in [-0.39, 0.29) is 5.91 Å². The zero-order chi connectivity index (χ0) is 24.7. The lowest BCUT2D eigenvalue weighted by atomic mass is 10.1. The summed E-state index contributed by atoms with van der Waals surface area (Å²) in [6.45, 7) is 1.98. The molecule has 4 aromatic carbocycles. The number of rotatable bonds is 10. The normalized spacial score (nSPS) is 11.1. The molecule has 0 saturated carbocycles. The van der Waals surface area contributed by atoms with Gasteiger partial charge < -0.3 is 14.6 Å². The number of hydrogen-bond acceptors (Lipinski definition) is 3. The lowest BCUT2D eigenvalue weighted by Crippen LogP contribution is -2.25. The van der Waals surface area contributed by atoms with Crippen LogP contribution in [0.4, 0.5) is 0 Å². The third-order valence-corrected chi connectivity index (χ3v) is 6.58. The van der Waals surface area contributed by atoms with E-state index in [9.17, 15) is 4.79 Å². The highest BCUT2D eigenvalue weighted by atomic mass is 35.5. The first kappa shape index (κ1) is 23.9. The molecule has 0 aliphatic heterocycles. The van der Waals surface area contributed by atoms with Gasteiger partial charge in [-0.25, -0.2) is 4.98 Å². The van der Waals surface area contributed by atoms with Gasteiger partial charge in [0.1, 0.15) is 11.6 Å². The maximum absolute atomic E-state index is 12.4. The lowest BCUT2D eigenvalue weighted by Gasteiger charge is -2.12. The van der Waals surface area contributed by atoms with Gasteiger partial charge >= 0.3 is 0 Å². The number of imidazole rings is 1. The lowest BCUT2D eigenvalue weighted by molar-refractivity contribution is 0.0953. The van der Waals surface area contributed by atoms with Crippen molar-refractivity contribution < 1.29 is 9.53 Å². The molecule has 1 N–H and O–H groups in total. The average Bonchev–Trinajstić information content (AvgIpc) is 3.26. The summed E-state index contributed by atoms with van der Waals surface area (Å²) in [4.78, 5) is 17.3. The molecule has 0 aliphatic rings. The Labute approximate surface area is 215 Å². The summed E-state index contributed by atoms with van der Waals surface area (Å²) >= 11 is 6.14. The van der Waals surface area contributed by atoms with Crippen LogP contribution in [-0.2, 0) is 13.0 Å². The Hall–Kier alpha value is -3.83. The van der Waals surface area contributed by atoms with Crippen molar-refractivity contribution in [3.63, 3.8) is 0 Å². The third kappa shape index (κ3) is 5.37. The van der Waals surface area contributed by atoms with Crippen molar-refractivity contribution in [2.45, 2.75) is 25.8 Å². The third-order valence-electron chi connectivity index (χ3n) is 6.25. The van der Waals surface area contributed by atoms with Crippen LogP contribution in [0.15, 0.2) is 91.0 Å². The van der Waals surface area contributed by atoms with Crippen molar-refractivity contribution >= 4 is 39.3 Å². The number of aryl methyl sites for hydroxylation is 2. The van der Waals surface area contributed by atoms with E-state index in [1.54, 1.807) is 12.1 Å². The second kappa shape index (κ2) is 11.3. The minimum absolute atomic E-state index is 0.153. The molecule has 0 unspecified atom stereocenters. The molecule has 1 amide bonds. The predicted molar refractivity (Wildman–Crippen MR) is 146 cm³/mol. The molecular formula is C30H28ClN3O2. The smallest absolute Gasteiger partial charge is 0.252 e. The predicted octanol–water partition coefficient (Wildman–Crippen LogP) is 6.67. The van der Waals surface area contributed by atoms with Gasteiger partial charge in [0.15, 0.2) is 0 Å². The van der Waals surface area contributed by atoms with Crippen LogP contribution in [0.5, 0.6) is 5.75 Å². The fourth-order valence-electron chi connectivity index (χ4n) is 4.48. The van der Waals surface area contributed by atoms with Crippen molar-refractivity contribution in [2.24, 2.45) is 0 Å². The first-order valence-electron chi connectivity index (χ1n) is 12.3. The van der Waals surface area contributed by atoms with Gasteiger partial charge in [0.05, 0.1) is 28.2 Å². The van der Waals surface area contributed by atoms with Crippen LogP contribution in [0, 0.1) is 0 Å². The molecule has 5 aromatic rings. The highest BCUT2D eigenvalue weighted by Crippen LogP contribution is 2.25. The number of hydrogen-bond donors (Lipinski definition) is 1. The second-order valence-electron chi connectivity index (χ2n) is 8.69. The van der Waals surface area contributed by atoms with E-state index in [1.165, 1.54) is 5.39 Å². The van der Waals surface area contributed by atoms with Crippen LogP contribution < -0.4 is 10.1 Å². The van der Waals surface area contributed by atoms with Crippen LogP contribution >= 0.6 is 11.6 Å². The zero-order valence-corrected chi connectivity index (χ0v) is 20.7. The van der Waals surface area contributed by atoms with E-state index in [2.05, 4.69) is 34.1 Å². The number of carbonyl (C=O) groups excluding carboxylic acids is 1. The molecule has 182 valence electrons. The number of fused-ring (bicyclic) bond motifs is 2. The molecule has 0 aliphatic carbocycles. The molecule has 1 heterocycles. The van der Waals surface area contributed by atoms with Crippen LogP contribution in [0.1, 0.15) is 29.0 Å². The van der Waals surface area contributed by atoms with E-state index in [1.807, 2.05) is 54.6 Å². The van der Waals surface area contributed by atoms with Crippen molar-refractivity contribution in [2.75, 3.05) is 13.2 Å². The van der Waals surface area contributed by atoms with Gasteiger partial charge in [-0.1, -0.05) is 72.3 Å². The van der Waals surface area contributed by atoms with Gasteiger partial charge in [0, 0.05) is 24.9 Å². The minimum Gasteiger partial charge on any atom is -0.493 e. The Morgan fingerprint density at radius 3 is 2.58 bits per heavy atom. The molecule has 1 aromatic heterocycles. The van der Waals surface area contributed by atoms with Crippen molar-refractivity contribution in [1.29, 1.82) is 0 Å². The maximum atomic E-state index is 12.4. The van der Waals surface area contributed by atoms with E-state index in [4.69, 9.17) is 21.3 Å². The number of aromatic nitrogens is 2. The molecule has 5 nitrogen and oxygen atoms in total. The summed E-state index contributed by atoms with van der Waals surface area (Å²) in [5.74, 6) is 1.78. The fourth-order valence-corrected chi connectivity index (χ4v) is 4.70. The first-order valence-corrected chi connectivity index (χ1v) is 12.7. The summed E-state index contributed by atoms with van der Waals surface area (Å²) in [7, 11) is 0. The minimum atomic E-state index is -0.153. The van der Waals surface area contributed by atoms with Crippen LogP contribution in [0.2, 0.25) is 5.02 Å². The maximum Gasteiger partial charge on any atom is 0.252 e. The number of para-hydroxylation sites is 2. The quantitative estimate of drug-likeness (QED) is 0.219. The zero-order valence-electron chi connectivity index (χ0n) is 20.0. The molecule has 0 radical (unpaired) electrons. The van der Waals surface area contributed by atoms with E-state index in [0.717, 1.165) is 53.8 Å². The number of amides is 1. The highest BCUT2D eigenvalue weighted by Gasteiger charge is 2.12. The summed E-state index contributed by atoms with van der Waals surface area (Å²) in [6.07, 6.45) is 2.41. The van der Waals surface area contributed by atoms with Crippen LogP contribution in [0.25, 0.3) is 21.8 Å². The topological polar surface area (TPSA) is 56.2 Å². The van der Waals surface area contributed by atoms with Gasteiger partial charge in [0.25, 0.3) is 5.91 Å². The number of ether oxygens (including phenoxy) is 1. The molecule has 0 atom stereocenters. The molecule has 0 spiro atoms. The monoisotopic (exact) mass is 497 g/mol.